The van der Waals surface area contributed by atoms with Gasteiger partial charge in [0.15, 0.2) is 0 Å². The molecule has 0 aromatic carbocycles. The van der Waals surface area contributed by atoms with Gasteiger partial charge in [-0.15, -0.1) is 0 Å². The summed E-state index contributed by atoms with van der Waals surface area (Å²) in [6.45, 7) is 7.16. The molecule has 0 bridgehead atoms. The molecule has 4 aliphatic rings. The summed E-state index contributed by atoms with van der Waals surface area (Å²) in [7, 11) is 0. The molecule has 0 aromatic rings. The van der Waals surface area contributed by atoms with Crippen LogP contribution < -0.4 is 0 Å². The zero-order chi connectivity index (χ0) is 20.3. The Bertz CT molecular complexity index is 612. The van der Waals surface area contributed by atoms with Crippen LogP contribution >= 0.6 is 0 Å². The first-order chi connectivity index (χ1) is 13.2. The molecule has 4 saturated carbocycles. The van der Waals surface area contributed by atoms with Gasteiger partial charge in [0, 0.05) is 6.42 Å². The van der Waals surface area contributed by atoms with Crippen LogP contribution in [0.1, 0.15) is 85.0 Å². The molecule has 0 spiro atoms. The fourth-order valence-corrected chi connectivity index (χ4v) is 8.73. The molecule has 10 atom stereocenters. The first kappa shape index (κ1) is 24.3. The fraction of sp³-hybridized carbons (Fsp3) is 0.958. The van der Waals surface area contributed by atoms with E-state index in [1.54, 1.807) is 0 Å². The molecule has 4 aliphatic carbocycles. The van der Waals surface area contributed by atoms with Gasteiger partial charge in [-0.05, 0) is 104 Å². The van der Waals surface area contributed by atoms with Gasteiger partial charge in [0.1, 0.15) is 0 Å². The molecular formula is C24H40CaO4+2. The van der Waals surface area contributed by atoms with Gasteiger partial charge in [-0.3, -0.25) is 4.79 Å². The summed E-state index contributed by atoms with van der Waals surface area (Å²) in [5.41, 5.74) is 0.523. The van der Waals surface area contributed by atoms with Crippen molar-refractivity contribution in [1.29, 1.82) is 0 Å². The topological polar surface area (TPSA) is 77.8 Å². The molecule has 29 heavy (non-hydrogen) atoms. The maximum atomic E-state index is 11.2. The summed E-state index contributed by atoms with van der Waals surface area (Å²) < 4.78 is 0. The monoisotopic (exact) mass is 432 g/mol. The minimum atomic E-state index is -0.684. The van der Waals surface area contributed by atoms with E-state index in [9.17, 15) is 15.0 Å². The first-order valence-electron chi connectivity index (χ1n) is 11.7. The van der Waals surface area contributed by atoms with E-state index < -0.39 is 5.97 Å². The van der Waals surface area contributed by atoms with Crippen LogP contribution in [0.25, 0.3) is 0 Å². The maximum absolute atomic E-state index is 11.2. The summed E-state index contributed by atoms with van der Waals surface area (Å²) >= 11 is 0. The van der Waals surface area contributed by atoms with Gasteiger partial charge >= 0.3 is 43.7 Å². The Kier molecular flexibility index (Phi) is 7.44. The number of aliphatic hydroxyl groups excluding tert-OH is 2. The second-order valence-electron chi connectivity index (χ2n) is 11.4. The van der Waals surface area contributed by atoms with Gasteiger partial charge < -0.3 is 15.3 Å². The third kappa shape index (κ3) is 4.08. The van der Waals surface area contributed by atoms with Crippen molar-refractivity contribution in [3.8, 4) is 0 Å². The Labute approximate surface area is 206 Å². The third-order valence-corrected chi connectivity index (χ3v) is 10.2. The van der Waals surface area contributed by atoms with Crippen molar-refractivity contribution in [3.63, 3.8) is 0 Å². The van der Waals surface area contributed by atoms with Gasteiger partial charge in [-0.1, -0.05) is 20.8 Å². The smallest absolute Gasteiger partial charge is 0.481 e. The molecule has 3 N–H and O–H groups in total. The van der Waals surface area contributed by atoms with Crippen molar-refractivity contribution in [2.45, 2.75) is 97.2 Å². The predicted molar refractivity (Wildman–Crippen MR) is 114 cm³/mol. The van der Waals surface area contributed by atoms with Crippen LogP contribution in [0.5, 0.6) is 0 Å². The SMILES string of the molecule is C[C@H](CCC(=O)O)[C@H]1CC[C@H]2[C@H]3C(CC[C@]12C)[C@@]1(C)CC[C@@H](O)C[C@H]1C[C@H]3O.[Ca+2]. The average molecular weight is 433 g/mol. The predicted octanol–water partition coefficient (Wildman–Crippen LogP) is 4.10. The number of carboxylic acids is 1. The van der Waals surface area contributed by atoms with E-state index in [-0.39, 0.29) is 67.2 Å². The van der Waals surface area contributed by atoms with Crippen LogP contribution in [-0.4, -0.2) is 71.2 Å². The minimum Gasteiger partial charge on any atom is -0.481 e. The van der Waals surface area contributed by atoms with Gasteiger partial charge in [0.05, 0.1) is 12.2 Å². The Hall–Kier alpha value is 0.650. The molecule has 0 aliphatic heterocycles. The molecule has 0 aromatic heterocycles. The first-order valence-corrected chi connectivity index (χ1v) is 11.7. The summed E-state index contributed by atoms with van der Waals surface area (Å²) in [5, 5.41) is 30.5. The molecule has 0 heterocycles. The second-order valence-corrected chi connectivity index (χ2v) is 11.4. The molecule has 4 fully saturated rings. The van der Waals surface area contributed by atoms with Gasteiger partial charge in [0.25, 0.3) is 0 Å². The van der Waals surface area contributed by atoms with Crippen LogP contribution in [0.2, 0.25) is 0 Å². The van der Waals surface area contributed by atoms with E-state index in [0.717, 1.165) is 32.1 Å². The zero-order valence-corrected chi connectivity index (χ0v) is 20.9. The van der Waals surface area contributed by atoms with Crippen LogP contribution in [0.4, 0.5) is 0 Å². The van der Waals surface area contributed by atoms with E-state index in [1.165, 1.54) is 25.7 Å². The van der Waals surface area contributed by atoms with E-state index >= 15 is 0 Å². The van der Waals surface area contributed by atoms with Gasteiger partial charge in [-0.25, -0.2) is 0 Å². The number of rotatable bonds is 4. The summed E-state index contributed by atoms with van der Waals surface area (Å²) in [6, 6.07) is 0. The number of carboxylic acid groups (broad SMARTS) is 1. The van der Waals surface area contributed by atoms with Crippen molar-refractivity contribution in [3.05, 3.63) is 0 Å². The Morgan fingerprint density at radius 1 is 1.00 bits per heavy atom. The number of aliphatic hydroxyl groups is 2. The quantitative estimate of drug-likeness (QED) is 0.585. The number of fused-ring (bicyclic) bond motifs is 5. The summed E-state index contributed by atoms with van der Waals surface area (Å²) in [5.74, 6) is 2.36. The standard InChI is InChI=1S/C24H40O4.Ca/c1-14(4-7-21(27)28)17-5-6-18-22-19(9-11-24(17,18)3)23(2)10-8-16(25)12-15(23)13-20(22)26;/h14-20,22,25-26H,4-13H2,1-3H3,(H,27,28);/q;+2/t14-,15+,16-,17-,18+,19?,20-,22+,23+,24-;/m1./s1. The third-order valence-electron chi connectivity index (χ3n) is 10.2. The molecule has 1 unspecified atom stereocenters. The van der Waals surface area contributed by atoms with Crippen molar-refractivity contribution in [1.82, 2.24) is 0 Å². The van der Waals surface area contributed by atoms with E-state index in [1.807, 2.05) is 0 Å². The molecule has 0 radical (unpaired) electrons. The molecule has 160 valence electrons. The molecule has 5 heteroatoms. The Morgan fingerprint density at radius 3 is 2.34 bits per heavy atom. The number of aliphatic carboxylic acids is 1. The molecule has 4 nitrogen and oxygen atoms in total. The van der Waals surface area contributed by atoms with Gasteiger partial charge in [0.2, 0.25) is 0 Å². The van der Waals surface area contributed by atoms with Crippen LogP contribution in [-0.2, 0) is 4.79 Å². The van der Waals surface area contributed by atoms with E-state index in [4.69, 9.17) is 5.11 Å². The zero-order valence-electron chi connectivity index (χ0n) is 18.6. The average Bonchev–Trinajstić information content (AvgIpc) is 2.98. The molecule has 0 amide bonds. The molecule has 4 rings (SSSR count). The van der Waals surface area contributed by atoms with Crippen LogP contribution in [0, 0.1) is 46.3 Å². The summed E-state index contributed by atoms with van der Waals surface area (Å²) in [6.07, 6.45) is 9.19. The van der Waals surface area contributed by atoms with E-state index in [0.29, 0.717) is 35.5 Å². The number of hydrogen-bond donors (Lipinski definition) is 3. The summed E-state index contributed by atoms with van der Waals surface area (Å²) in [4.78, 5) is 11.1. The van der Waals surface area contributed by atoms with Crippen LogP contribution in [0.15, 0.2) is 0 Å². The van der Waals surface area contributed by atoms with Crippen molar-refractivity contribution in [2.24, 2.45) is 46.3 Å². The Morgan fingerprint density at radius 2 is 1.66 bits per heavy atom. The molecule has 0 saturated heterocycles. The minimum absolute atomic E-state index is 0. The largest absolute Gasteiger partial charge is 2.00 e. The molecular weight excluding hydrogens is 392 g/mol. The normalized spacial score (nSPS) is 49.9. The van der Waals surface area contributed by atoms with Gasteiger partial charge in [-0.2, -0.15) is 0 Å². The van der Waals surface area contributed by atoms with Crippen molar-refractivity contribution < 1.29 is 20.1 Å². The second kappa shape index (κ2) is 8.89. The van der Waals surface area contributed by atoms with Crippen molar-refractivity contribution >= 4 is 43.7 Å². The number of carbonyl (C=O) groups is 1. The number of hydrogen-bond acceptors (Lipinski definition) is 3. The van der Waals surface area contributed by atoms with Crippen molar-refractivity contribution in [2.75, 3.05) is 0 Å². The Balaban J connectivity index is 0.00000240. The van der Waals surface area contributed by atoms with Crippen LogP contribution in [0.3, 0.4) is 0 Å². The maximum Gasteiger partial charge on any atom is 2.00 e. The fourth-order valence-electron chi connectivity index (χ4n) is 8.73. The van der Waals surface area contributed by atoms with E-state index in [2.05, 4.69) is 20.8 Å².